The zero-order valence-electron chi connectivity index (χ0n) is 13.1. The molecular formula is C16H28F3NO. The molecule has 1 spiro atoms. The molecule has 2 rings (SSSR count). The maximum absolute atomic E-state index is 12.8. The monoisotopic (exact) mass is 307 g/mol. The number of hydrogen-bond acceptors (Lipinski definition) is 2. The Morgan fingerprint density at radius 1 is 1.19 bits per heavy atom. The zero-order chi connectivity index (χ0) is 15.5. The van der Waals surface area contributed by atoms with Gasteiger partial charge in [-0.2, -0.15) is 13.2 Å². The molecule has 0 aliphatic heterocycles. The van der Waals surface area contributed by atoms with Crippen LogP contribution in [0.1, 0.15) is 65.2 Å². The number of rotatable bonds is 5. The number of hydrogen-bond donors (Lipinski definition) is 1. The summed E-state index contributed by atoms with van der Waals surface area (Å²) in [7, 11) is 0. The summed E-state index contributed by atoms with van der Waals surface area (Å²) < 4.78 is 43.7. The van der Waals surface area contributed by atoms with Crippen LogP contribution in [0.5, 0.6) is 0 Å². The molecule has 2 saturated carbocycles. The topological polar surface area (TPSA) is 21.3 Å². The van der Waals surface area contributed by atoms with Crippen molar-refractivity contribution in [1.82, 2.24) is 5.32 Å². The summed E-state index contributed by atoms with van der Waals surface area (Å²) in [4.78, 5) is 0. The van der Waals surface area contributed by atoms with E-state index in [9.17, 15) is 13.2 Å². The van der Waals surface area contributed by atoms with Gasteiger partial charge in [0.15, 0.2) is 6.10 Å². The lowest BCUT2D eigenvalue weighted by molar-refractivity contribution is -0.262. The van der Waals surface area contributed by atoms with Gasteiger partial charge in [-0.25, -0.2) is 0 Å². The molecule has 0 aromatic heterocycles. The van der Waals surface area contributed by atoms with Crippen molar-refractivity contribution in [3.8, 4) is 0 Å². The Hall–Kier alpha value is -0.290. The van der Waals surface area contributed by atoms with Crippen LogP contribution in [0, 0.1) is 5.41 Å². The highest BCUT2D eigenvalue weighted by molar-refractivity contribution is 5.08. The molecular weight excluding hydrogens is 279 g/mol. The molecule has 0 aromatic carbocycles. The van der Waals surface area contributed by atoms with E-state index < -0.39 is 12.3 Å². The highest BCUT2D eigenvalue weighted by atomic mass is 19.4. The summed E-state index contributed by atoms with van der Waals surface area (Å²) in [6.45, 7) is 4.19. The average molecular weight is 307 g/mol. The van der Waals surface area contributed by atoms with E-state index in [-0.39, 0.29) is 11.5 Å². The van der Waals surface area contributed by atoms with Gasteiger partial charge in [-0.1, -0.05) is 32.6 Å². The van der Waals surface area contributed by atoms with Crippen LogP contribution in [-0.4, -0.2) is 31.0 Å². The third kappa shape index (κ3) is 3.73. The van der Waals surface area contributed by atoms with Gasteiger partial charge in [0.05, 0.1) is 6.10 Å². The molecule has 5 heteroatoms. The maximum Gasteiger partial charge on any atom is 0.414 e. The molecule has 2 fully saturated rings. The molecule has 2 aliphatic carbocycles. The summed E-state index contributed by atoms with van der Waals surface area (Å²) >= 11 is 0. The van der Waals surface area contributed by atoms with Crippen LogP contribution in [0.2, 0.25) is 0 Å². The average Bonchev–Trinajstić information content (AvgIpc) is 2.68. The Labute approximate surface area is 125 Å². The molecule has 0 radical (unpaired) electrons. The van der Waals surface area contributed by atoms with Crippen LogP contribution in [0.15, 0.2) is 0 Å². The zero-order valence-corrected chi connectivity index (χ0v) is 13.1. The fourth-order valence-corrected chi connectivity index (χ4v) is 3.92. The second-order valence-electron chi connectivity index (χ2n) is 6.70. The van der Waals surface area contributed by atoms with Crippen molar-refractivity contribution in [3.05, 3.63) is 0 Å². The molecule has 3 unspecified atom stereocenters. The molecule has 0 heterocycles. The van der Waals surface area contributed by atoms with E-state index in [0.717, 1.165) is 52.0 Å². The normalized spacial score (nSPS) is 30.7. The molecule has 124 valence electrons. The van der Waals surface area contributed by atoms with Gasteiger partial charge in [0, 0.05) is 11.5 Å². The SMILES string of the molecule is CCCNC1CC(OC(C)C(F)(F)F)C12CCCCCC2. The van der Waals surface area contributed by atoms with Gasteiger partial charge in [-0.15, -0.1) is 0 Å². The molecule has 2 aliphatic rings. The van der Waals surface area contributed by atoms with E-state index in [2.05, 4.69) is 12.2 Å². The quantitative estimate of drug-likeness (QED) is 0.811. The first-order chi connectivity index (χ1) is 9.90. The van der Waals surface area contributed by atoms with E-state index in [1.807, 2.05) is 0 Å². The highest BCUT2D eigenvalue weighted by Crippen LogP contribution is 2.53. The molecule has 1 N–H and O–H groups in total. The van der Waals surface area contributed by atoms with Crippen molar-refractivity contribution in [2.75, 3.05) is 6.54 Å². The van der Waals surface area contributed by atoms with Gasteiger partial charge in [-0.05, 0) is 39.2 Å². The lowest BCUT2D eigenvalue weighted by Gasteiger charge is -2.57. The van der Waals surface area contributed by atoms with Crippen LogP contribution in [0.3, 0.4) is 0 Å². The minimum absolute atomic E-state index is 0.0643. The minimum Gasteiger partial charge on any atom is -0.365 e. The Balaban J connectivity index is 2.03. The van der Waals surface area contributed by atoms with E-state index in [4.69, 9.17) is 4.74 Å². The van der Waals surface area contributed by atoms with Gasteiger partial charge in [0.2, 0.25) is 0 Å². The predicted molar refractivity (Wildman–Crippen MR) is 77.2 cm³/mol. The molecule has 3 atom stereocenters. The van der Waals surface area contributed by atoms with Crippen LogP contribution in [0.25, 0.3) is 0 Å². The van der Waals surface area contributed by atoms with E-state index in [0.29, 0.717) is 6.04 Å². The summed E-state index contributed by atoms with van der Waals surface area (Å²) in [6, 6.07) is 0.334. The largest absolute Gasteiger partial charge is 0.414 e. The van der Waals surface area contributed by atoms with Gasteiger partial charge in [0.25, 0.3) is 0 Å². The molecule has 0 saturated heterocycles. The van der Waals surface area contributed by atoms with E-state index in [1.54, 1.807) is 0 Å². The summed E-state index contributed by atoms with van der Waals surface area (Å²) in [5.74, 6) is 0. The van der Waals surface area contributed by atoms with Crippen molar-refractivity contribution in [2.24, 2.45) is 5.41 Å². The Morgan fingerprint density at radius 3 is 2.33 bits per heavy atom. The number of halogens is 3. The first-order valence-corrected chi connectivity index (χ1v) is 8.35. The number of alkyl halides is 3. The molecule has 0 amide bonds. The van der Waals surface area contributed by atoms with E-state index in [1.165, 1.54) is 12.8 Å². The van der Waals surface area contributed by atoms with Crippen molar-refractivity contribution in [1.29, 1.82) is 0 Å². The van der Waals surface area contributed by atoms with Gasteiger partial charge < -0.3 is 10.1 Å². The van der Waals surface area contributed by atoms with Crippen LogP contribution in [-0.2, 0) is 4.74 Å². The Morgan fingerprint density at radius 2 is 1.81 bits per heavy atom. The van der Waals surface area contributed by atoms with Crippen LogP contribution in [0.4, 0.5) is 13.2 Å². The lowest BCUT2D eigenvalue weighted by atomic mass is 9.57. The predicted octanol–water partition coefficient (Wildman–Crippen LogP) is 4.43. The van der Waals surface area contributed by atoms with Crippen LogP contribution < -0.4 is 5.32 Å². The summed E-state index contributed by atoms with van der Waals surface area (Å²) in [5.41, 5.74) is -0.0643. The first-order valence-electron chi connectivity index (χ1n) is 8.35. The molecule has 2 nitrogen and oxygen atoms in total. The van der Waals surface area contributed by atoms with Gasteiger partial charge in [-0.3, -0.25) is 0 Å². The second kappa shape index (κ2) is 6.86. The fourth-order valence-electron chi connectivity index (χ4n) is 3.92. The fraction of sp³-hybridized carbons (Fsp3) is 1.00. The minimum atomic E-state index is -4.26. The number of nitrogens with one attached hydrogen (secondary N) is 1. The third-order valence-electron chi connectivity index (χ3n) is 5.29. The second-order valence-corrected chi connectivity index (χ2v) is 6.70. The van der Waals surface area contributed by atoms with Gasteiger partial charge in [0.1, 0.15) is 0 Å². The molecule has 0 aromatic rings. The maximum atomic E-state index is 12.8. The standard InChI is InChI=1S/C16H28F3NO/c1-3-10-20-13-11-14(21-12(2)16(17,18)19)15(13)8-6-4-5-7-9-15/h12-14,20H,3-11H2,1-2H3. The van der Waals surface area contributed by atoms with Gasteiger partial charge >= 0.3 is 6.18 Å². The third-order valence-corrected chi connectivity index (χ3v) is 5.29. The van der Waals surface area contributed by atoms with Crippen molar-refractivity contribution < 1.29 is 17.9 Å². The van der Waals surface area contributed by atoms with Crippen LogP contribution >= 0.6 is 0 Å². The molecule has 21 heavy (non-hydrogen) atoms. The Bertz CT molecular complexity index is 324. The lowest BCUT2D eigenvalue weighted by Crippen LogP contribution is -2.64. The van der Waals surface area contributed by atoms with Crippen molar-refractivity contribution >= 4 is 0 Å². The highest BCUT2D eigenvalue weighted by Gasteiger charge is 2.56. The smallest absolute Gasteiger partial charge is 0.365 e. The summed E-state index contributed by atoms with van der Waals surface area (Å²) in [5, 5.41) is 3.54. The Kier molecular flexibility index (Phi) is 5.58. The molecule has 0 bridgehead atoms. The first kappa shape index (κ1) is 17.1. The van der Waals surface area contributed by atoms with Crippen molar-refractivity contribution in [3.63, 3.8) is 0 Å². The van der Waals surface area contributed by atoms with E-state index >= 15 is 0 Å². The summed E-state index contributed by atoms with van der Waals surface area (Å²) in [6.07, 6.45) is 2.26. The van der Waals surface area contributed by atoms with Crippen molar-refractivity contribution in [2.45, 2.75) is 89.6 Å². The number of ether oxygens (including phenoxy) is 1.